The average molecular weight is 514 g/mol. The summed E-state index contributed by atoms with van der Waals surface area (Å²) in [4.78, 5) is 26.6. The van der Waals surface area contributed by atoms with Crippen LogP contribution in [-0.2, 0) is 14.3 Å². The minimum absolute atomic E-state index is 0.296. The van der Waals surface area contributed by atoms with Crippen molar-refractivity contribution in [3.8, 4) is 0 Å². The van der Waals surface area contributed by atoms with Crippen LogP contribution in [0, 0.1) is 0 Å². The van der Waals surface area contributed by atoms with Crippen LogP contribution in [0.2, 0.25) is 0 Å². The first kappa shape index (κ1) is 39.6. The highest BCUT2D eigenvalue weighted by atomic mass is 16.4. The second-order valence-electron chi connectivity index (χ2n) is 10.4. The molecule has 0 saturated heterocycles. The zero-order chi connectivity index (χ0) is 27.9. The third-order valence-electron chi connectivity index (χ3n) is 6.21. The van der Waals surface area contributed by atoms with Crippen LogP contribution < -0.4 is 0 Å². The van der Waals surface area contributed by atoms with Crippen molar-refractivity contribution < 1.29 is 14.3 Å². The summed E-state index contributed by atoms with van der Waals surface area (Å²) < 4.78 is 4.25. The molecule has 4 nitrogen and oxygen atoms in total. The van der Waals surface area contributed by atoms with Gasteiger partial charge < -0.3 is 14.4 Å². The highest BCUT2D eigenvalue weighted by molar-refractivity contribution is 5.76. The first-order valence-electron chi connectivity index (χ1n) is 15.6. The van der Waals surface area contributed by atoms with E-state index in [4.69, 9.17) is 0 Å². The Hall–Kier alpha value is -0.900. The van der Waals surface area contributed by atoms with Gasteiger partial charge in [0.05, 0.1) is 0 Å². The molecule has 218 valence electrons. The van der Waals surface area contributed by atoms with E-state index in [-0.39, 0.29) is 0 Å². The number of methoxy groups -OCH3 is 1. The third kappa shape index (κ3) is 31.1. The van der Waals surface area contributed by atoms with Gasteiger partial charge in [0.15, 0.2) is 0 Å². The van der Waals surface area contributed by atoms with Gasteiger partial charge in [0.2, 0.25) is 5.91 Å². The Morgan fingerprint density at radius 1 is 0.611 bits per heavy atom. The summed E-state index contributed by atoms with van der Waals surface area (Å²) in [6.07, 6.45) is 22.9. The van der Waals surface area contributed by atoms with Gasteiger partial charge in [0, 0.05) is 39.6 Å². The summed E-state index contributed by atoms with van der Waals surface area (Å²) >= 11 is 0. The number of amides is 1. The Labute approximate surface area is 227 Å². The van der Waals surface area contributed by atoms with Crippen LogP contribution in [0.5, 0.6) is 0 Å². The molecule has 0 bridgehead atoms. The van der Waals surface area contributed by atoms with Gasteiger partial charge in [-0.25, -0.2) is 0 Å². The molecule has 36 heavy (non-hydrogen) atoms. The van der Waals surface area contributed by atoms with E-state index in [0.717, 1.165) is 64.3 Å². The molecule has 0 aromatic rings. The Kier molecular flexibility index (Phi) is 37.5. The standard InChI is InChI=1S/C27H53NO2.C3H8.C2H6O/c1-5-8-11-13-14-19-23-27(30)28(24-10-7-3)26(21-17-12-9-6-2)22-18-15-16-20-25(4)29;2*1-3-2/h26H,5-24H2,1-4H3;3H2,1-2H3;1-2H3. The van der Waals surface area contributed by atoms with Crippen LogP contribution in [0.1, 0.15) is 170 Å². The van der Waals surface area contributed by atoms with Crippen LogP contribution >= 0.6 is 0 Å². The van der Waals surface area contributed by atoms with Crippen molar-refractivity contribution in [2.24, 2.45) is 0 Å². The quantitative estimate of drug-likeness (QED) is 0.135. The highest BCUT2D eigenvalue weighted by Crippen LogP contribution is 2.21. The molecule has 0 N–H and O–H groups in total. The van der Waals surface area contributed by atoms with Gasteiger partial charge in [0.25, 0.3) is 0 Å². The van der Waals surface area contributed by atoms with Gasteiger partial charge in [0.1, 0.15) is 5.78 Å². The number of Topliss-reactive ketones (excluding diaryl/α,β-unsaturated/α-hetero) is 1. The number of rotatable bonds is 22. The molecule has 0 aromatic carbocycles. The highest BCUT2D eigenvalue weighted by Gasteiger charge is 2.22. The number of hydrogen-bond donors (Lipinski definition) is 0. The molecular formula is C32H67NO3. The van der Waals surface area contributed by atoms with Gasteiger partial charge >= 0.3 is 0 Å². The van der Waals surface area contributed by atoms with Crippen molar-refractivity contribution >= 4 is 11.7 Å². The molecule has 0 radical (unpaired) electrons. The van der Waals surface area contributed by atoms with Gasteiger partial charge in [-0.05, 0) is 39.0 Å². The first-order valence-corrected chi connectivity index (χ1v) is 15.6. The normalized spacial score (nSPS) is 11.1. The van der Waals surface area contributed by atoms with Crippen LogP contribution in [0.25, 0.3) is 0 Å². The van der Waals surface area contributed by atoms with E-state index in [9.17, 15) is 9.59 Å². The summed E-state index contributed by atoms with van der Waals surface area (Å²) in [5.41, 5.74) is 0. The van der Waals surface area contributed by atoms with Crippen molar-refractivity contribution in [1.82, 2.24) is 4.90 Å². The van der Waals surface area contributed by atoms with E-state index >= 15 is 0 Å². The van der Waals surface area contributed by atoms with E-state index in [1.54, 1.807) is 21.1 Å². The molecule has 1 amide bonds. The minimum atomic E-state index is 0.296. The minimum Gasteiger partial charge on any atom is -0.388 e. The zero-order valence-electron chi connectivity index (χ0n) is 26.1. The molecule has 0 fully saturated rings. The molecule has 0 heterocycles. The van der Waals surface area contributed by atoms with Crippen molar-refractivity contribution in [1.29, 1.82) is 0 Å². The Morgan fingerprint density at radius 2 is 1.00 bits per heavy atom. The largest absolute Gasteiger partial charge is 0.388 e. The molecule has 0 aliphatic rings. The van der Waals surface area contributed by atoms with E-state index in [0.29, 0.717) is 24.2 Å². The summed E-state index contributed by atoms with van der Waals surface area (Å²) in [5.74, 6) is 0.688. The third-order valence-corrected chi connectivity index (χ3v) is 6.21. The van der Waals surface area contributed by atoms with Crippen molar-refractivity contribution in [2.75, 3.05) is 20.8 Å². The number of carbonyl (C=O) groups is 2. The summed E-state index contributed by atoms with van der Waals surface area (Å²) in [5, 5.41) is 0. The first-order chi connectivity index (χ1) is 17.4. The lowest BCUT2D eigenvalue weighted by Crippen LogP contribution is -2.41. The van der Waals surface area contributed by atoms with Crippen LogP contribution in [0.4, 0.5) is 0 Å². The molecule has 4 heteroatoms. The maximum atomic E-state index is 13.1. The molecular weight excluding hydrogens is 446 g/mol. The Morgan fingerprint density at radius 3 is 1.47 bits per heavy atom. The van der Waals surface area contributed by atoms with Gasteiger partial charge in [-0.15, -0.1) is 0 Å². The van der Waals surface area contributed by atoms with E-state index in [1.165, 1.54) is 64.2 Å². The predicted octanol–water partition coefficient (Wildman–Crippen LogP) is 9.92. The van der Waals surface area contributed by atoms with Gasteiger partial charge in [-0.3, -0.25) is 4.79 Å². The lowest BCUT2D eigenvalue weighted by Gasteiger charge is -2.32. The Bertz CT molecular complexity index is 437. The number of nitrogens with zero attached hydrogens (tertiary/aromatic N) is 1. The topological polar surface area (TPSA) is 46.6 Å². The zero-order valence-corrected chi connectivity index (χ0v) is 26.1. The van der Waals surface area contributed by atoms with Gasteiger partial charge in [-0.1, -0.05) is 118 Å². The summed E-state index contributed by atoms with van der Waals surface area (Å²) in [7, 11) is 3.25. The van der Waals surface area contributed by atoms with E-state index < -0.39 is 0 Å². The second kappa shape index (κ2) is 34.1. The number of carbonyl (C=O) groups excluding carboxylic acids is 2. The molecule has 0 spiro atoms. The molecule has 0 aliphatic carbocycles. The predicted molar refractivity (Wildman–Crippen MR) is 160 cm³/mol. The van der Waals surface area contributed by atoms with Crippen molar-refractivity contribution in [3.63, 3.8) is 0 Å². The molecule has 1 unspecified atom stereocenters. The fourth-order valence-corrected chi connectivity index (χ4v) is 4.23. The number of hydrogen-bond acceptors (Lipinski definition) is 3. The number of unbranched alkanes of at least 4 members (excludes halogenated alkanes) is 11. The summed E-state index contributed by atoms with van der Waals surface area (Å²) in [6.45, 7) is 13.6. The lowest BCUT2D eigenvalue weighted by atomic mass is 9.98. The molecule has 0 rings (SSSR count). The number of ether oxygens (including phenoxy) is 1. The number of ketones is 1. The van der Waals surface area contributed by atoms with Crippen molar-refractivity contribution in [2.45, 2.75) is 176 Å². The molecule has 0 aromatic heterocycles. The monoisotopic (exact) mass is 514 g/mol. The van der Waals surface area contributed by atoms with Crippen LogP contribution in [0.15, 0.2) is 0 Å². The molecule has 0 saturated carbocycles. The second-order valence-corrected chi connectivity index (χ2v) is 10.4. The fraction of sp³-hybridized carbons (Fsp3) is 0.938. The SMILES string of the molecule is CCC.CCCCCCCCC(=O)N(CCCC)C(CCCCCC)CCCCCC(C)=O.COC. The lowest BCUT2D eigenvalue weighted by molar-refractivity contribution is -0.134. The average Bonchev–Trinajstić information content (AvgIpc) is 2.84. The van der Waals surface area contributed by atoms with Crippen LogP contribution in [0.3, 0.4) is 0 Å². The van der Waals surface area contributed by atoms with Gasteiger partial charge in [-0.2, -0.15) is 0 Å². The van der Waals surface area contributed by atoms with Crippen LogP contribution in [-0.4, -0.2) is 43.4 Å². The smallest absolute Gasteiger partial charge is 0.222 e. The van der Waals surface area contributed by atoms with Crippen molar-refractivity contribution in [3.05, 3.63) is 0 Å². The fourth-order valence-electron chi connectivity index (χ4n) is 4.23. The molecule has 1 atom stereocenters. The summed E-state index contributed by atoms with van der Waals surface area (Å²) in [6, 6.07) is 0.401. The van der Waals surface area contributed by atoms with E-state index in [1.807, 2.05) is 0 Å². The molecule has 0 aliphatic heterocycles. The van der Waals surface area contributed by atoms with E-state index in [2.05, 4.69) is 44.3 Å². The Balaban J connectivity index is -0.00000163. The maximum Gasteiger partial charge on any atom is 0.222 e. The maximum absolute atomic E-state index is 13.1.